The Balaban J connectivity index is 2.22. The van der Waals surface area contributed by atoms with Gasteiger partial charge >= 0.3 is 0 Å². The van der Waals surface area contributed by atoms with Crippen molar-refractivity contribution in [3.05, 3.63) is 46.4 Å². The lowest BCUT2D eigenvalue weighted by Crippen LogP contribution is -2.29. The molecule has 1 N–H and O–H groups in total. The Bertz CT molecular complexity index is 540. The van der Waals surface area contributed by atoms with Crippen LogP contribution in [-0.4, -0.2) is 27.9 Å². The third kappa shape index (κ3) is 2.36. The van der Waals surface area contributed by atoms with Crippen molar-refractivity contribution >= 4 is 17.2 Å². The van der Waals surface area contributed by atoms with Crippen LogP contribution < -0.4 is 0 Å². The highest BCUT2D eigenvalue weighted by Crippen LogP contribution is 2.25. The third-order valence-electron chi connectivity index (χ3n) is 2.85. The van der Waals surface area contributed by atoms with Crippen molar-refractivity contribution in [1.82, 2.24) is 9.88 Å². The summed E-state index contributed by atoms with van der Waals surface area (Å²) in [4.78, 5) is 18.8. The van der Waals surface area contributed by atoms with Crippen molar-refractivity contribution in [2.24, 2.45) is 0 Å². The standard InChI is InChI=1S/C13H14N2O2S/c1-9(11-6-4-8-18-11)15(2)13(17)12-10(16)5-3-7-14-12/h3-9,16H,1-2H3. The van der Waals surface area contributed by atoms with E-state index in [1.54, 1.807) is 29.4 Å². The number of amides is 1. The molecule has 2 aromatic heterocycles. The first-order chi connectivity index (χ1) is 8.61. The molecule has 1 atom stereocenters. The molecule has 1 amide bonds. The van der Waals surface area contributed by atoms with Gasteiger partial charge in [-0.05, 0) is 30.5 Å². The highest BCUT2D eigenvalue weighted by molar-refractivity contribution is 7.10. The van der Waals surface area contributed by atoms with Gasteiger partial charge in [0.1, 0.15) is 5.75 Å². The van der Waals surface area contributed by atoms with E-state index in [1.165, 1.54) is 12.3 Å². The normalized spacial score (nSPS) is 12.1. The summed E-state index contributed by atoms with van der Waals surface area (Å²) in [6.07, 6.45) is 1.50. The SMILES string of the molecule is CC(c1cccs1)N(C)C(=O)c1ncccc1O. The summed E-state index contributed by atoms with van der Waals surface area (Å²) in [6.45, 7) is 1.95. The molecule has 5 heteroatoms. The van der Waals surface area contributed by atoms with Crippen LogP contribution >= 0.6 is 11.3 Å². The van der Waals surface area contributed by atoms with E-state index in [2.05, 4.69) is 4.98 Å². The molecule has 0 bridgehead atoms. The predicted octanol–water partition coefficient (Wildman–Crippen LogP) is 2.68. The maximum Gasteiger partial charge on any atom is 0.276 e. The van der Waals surface area contributed by atoms with Crippen LogP contribution in [0, 0.1) is 0 Å². The van der Waals surface area contributed by atoms with Crippen molar-refractivity contribution in [3.8, 4) is 5.75 Å². The van der Waals surface area contributed by atoms with E-state index in [0.717, 1.165) is 4.88 Å². The lowest BCUT2D eigenvalue weighted by Gasteiger charge is -2.23. The predicted molar refractivity (Wildman–Crippen MR) is 70.7 cm³/mol. The average molecular weight is 262 g/mol. The summed E-state index contributed by atoms with van der Waals surface area (Å²) >= 11 is 1.60. The molecular formula is C13H14N2O2S. The molecule has 4 nitrogen and oxygen atoms in total. The zero-order valence-electron chi connectivity index (χ0n) is 10.2. The van der Waals surface area contributed by atoms with E-state index in [-0.39, 0.29) is 23.4 Å². The van der Waals surface area contributed by atoms with Crippen LogP contribution in [0.2, 0.25) is 0 Å². The summed E-state index contributed by atoms with van der Waals surface area (Å²) in [7, 11) is 1.71. The molecule has 2 heterocycles. The topological polar surface area (TPSA) is 53.4 Å². The molecule has 0 spiro atoms. The molecule has 0 saturated heterocycles. The Morgan fingerprint density at radius 1 is 1.44 bits per heavy atom. The third-order valence-corrected chi connectivity index (χ3v) is 3.89. The summed E-state index contributed by atoms with van der Waals surface area (Å²) in [5, 5.41) is 11.6. The summed E-state index contributed by atoms with van der Waals surface area (Å²) in [5.41, 5.74) is 0.0865. The molecule has 0 radical (unpaired) electrons. The monoisotopic (exact) mass is 262 g/mol. The van der Waals surface area contributed by atoms with Crippen LogP contribution in [0.15, 0.2) is 35.8 Å². The van der Waals surface area contributed by atoms with Gasteiger partial charge in [0.05, 0.1) is 6.04 Å². The van der Waals surface area contributed by atoms with E-state index in [9.17, 15) is 9.90 Å². The molecule has 0 saturated carbocycles. The molecule has 94 valence electrons. The maximum absolute atomic E-state index is 12.2. The van der Waals surface area contributed by atoms with Gasteiger partial charge in [-0.15, -0.1) is 11.3 Å². The number of aromatic hydroxyl groups is 1. The van der Waals surface area contributed by atoms with E-state index in [4.69, 9.17) is 0 Å². The summed E-state index contributed by atoms with van der Waals surface area (Å²) in [6, 6.07) is 6.95. The van der Waals surface area contributed by atoms with E-state index >= 15 is 0 Å². The molecule has 18 heavy (non-hydrogen) atoms. The Hall–Kier alpha value is -1.88. The Morgan fingerprint density at radius 3 is 2.83 bits per heavy atom. The molecule has 0 aliphatic heterocycles. The van der Waals surface area contributed by atoms with Gasteiger partial charge in [0.15, 0.2) is 5.69 Å². The number of hydrogen-bond acceptors (Lipinski definition) is 4. The second kappa shape index (κ2) is 5.18. The number of carbonyl (C=O) groups excluding carboxylic acids is 1. The molecule has 1 unspecified atom stereocenters. The van der Waals surface area contributed by atoms with Gasteiger partial charge in [0.2, 0.25) is 0 Å². The second-order valence-electron chi connectivity index (χ2n) is 3.98. The van der Waals surface area contributed by atoms with Crippen molar-refractivity contribution in [2.45, 2.75) is 13.0 Å². The van der Waals surface area contributed by atoms with Crippen LogP contribution in [0.4, 0.5) is 0 Å². The Labute approximate surface area is 110 Å². The van der Waals surface area contributed by atoms with Crippen molar-refractivity contribution in [1.29, 1.82) is 0 Å². The largest absolute Gasteiger partial charge is 0.505 e. The van der Waals surface area contributed by atoms with E-state index < -0.39 is 0 Å². The van der Waals surface area contributed by atoms with Gasteiger partial charge in [0.25, 0.3) is 5.91 Å². The van der Waals surface area contributed by atoms with Gasteiger partial charge < -0.3 is 10.0 Å². The average Bonchev–Trinajstić information content (AvgIpc) is 2.90. The lowest BCUT2D eigenvalue weighted by atomic mass is 10.2. The number of aromatic nitrogens is 1. The first kappa shape index (κ1) is 12.6. The number of nitrogens with zero attached hydrogens (tertiary/aromatic N) is 2. The van der Waals surface area contributed by atoms with Gasteiger partial charge in [-0.2, -0.15) is 0 Å². The number of hydrogen-bond donors (Lipinski definition) is 1. The highest BCUT2D eigenvalue weighted by Gasteiger charge is 2.22. The minimum absolute atomic E-state index is 0.0427. The molecule has 0 aliphatic rings. The van der Waals surface area contributed by atoms with Crippen LogP contribution in [-0.2, 0) is 0 Å². The minimum atomic E-state index is -0.283. The number of rotatable bonds is 3. The lowest BCUT2D eigenvalue weighted by molar-refractivity contribution is 0.0735. The second-order valence-corrected chi connectivity index (χ2v) is 4.96. The van der Waals surface area contributed by atoms with Crippen LogP contribution in [0.25, 0.3) is 0 Å². The Kier molecular flexibility index (Phi) is 3.62. The van der Waals surface area contributed by atoms with Crippen LogP contribution in [0.5, 0.6) is 5.75 Å². The van der Waals surface area contributed by atoms with E-state index in [1.807, 2.05) is 24.4 Å². The van der Waals surface area contributed by atoms with E-state index in [0.29, 0.717) is 0 Å². The minimum Gasteiger partial charge on any atom is -0.505 e. The quantitative estimate of drug-likeness (QED) is 0.925. The number of carbonyl (C=O) groups is 1. The molecule has 2 aromatic rings. The van der Waals surface area contributed by atoms with Gasteiger partial charge in [0, 0.05) is 18.1 Å². The first-order valence-corrected chi connectivity index (χ1v) is 6.43. The highest BCUT2D eigenvalue weighted by atomic mass is 32.1. The molecule has 0 aliphatic carbocycles. The number of thiophene rings is 1. The summed E-state index contributed by atoms with van der Waals surface area (Å²) in [5.74, 6) is -0.373. The van der Waals surface area contributed by atoms with Crippen molar-refractivity contribution in [3.63, 3.8) is 0 Å². The molecule has 0 aromatic carbocycles. The number of pyridine rings is 1. The fourth-order valence-corrected chi connectivity index (χ4v) is 2.45. The van der Waals surface area contributed by atoms with Crippen molar-refractivity contribution < 1.29 is 9.90 Å². The first-order valence-electron chi connectivity index (χ1n) is 5.56. The van der Waals surface area contributed by atoms with Crippen LogP contribution in [0.3, 0.4) is 0 Å². The zero-order chi connectivity index (χ0) is 13.1. The zero-order valence-corrected chi connectivity index (χ0v) is 11.0. The molecule has 0 fully saturated rings. The molecular weight excluding hydrogens is 248 g/mol. The van der Waals surface area contributed by atoms with Gasteiger partial charge in [-0.1, -0.05) is 6.07 Å². The molecule has 2 rings (SSSR count). The van der Waals surface area contributed by atoms with Crippen LogP contribution in [0.1, 0.15) is 28.3 Å². The smallest absolute Gasteiger partial charge is 0.276 e. The fourth-order valence-electron chi connectivity index (χ4n) is 1.62. The summed E-state index contributed by atoms with van der Waals surface area (Å²) < 4.78 is 0. The Morgan fingerprint density at radius 2 is 2.22 bits per heavy atom. The fraction of sp³-hybridized carbons (Fsp3) is 0.231. The van der Waals surface area contributed by atoms with Crippen molar-refractivity contribution in [2.75, 3.05) is 7.05 Å². The maximum atomic E-state index is 12.2. The van der Waals surface area contributed by atoms with Gasteiger partial charge in [-0.25, -0.2) is 4.98 Å². The van der Waals surface area contributed by atoms with Gasteiger partial charge in [-0.3, -0.25) is 4.79 Å².